The highest BCUT2D eigenvalue weighted by Crippen LogP contribution is 2.42. The monoisotopic (exact) mass is 439 g/mol. The molecule has 0 unspecified atom stereocenters. The maximum absolute atomic E-state index is 13.0. The Labute approximate surface area is 179 Å². The lowest BCUT2D eigenvalue weighted by Crippen LogP contribution is -2.50. The number of anilines is 2. The van der Waals surface area contributed by atoms with Gasteiger partial charge in [-0.2, -0.15) is 8.42 Å². The zero-order chi connectivity index (χ0) is 21.8. The number of nitrogens with zero attached hydrogens (tertiary/aromatic N) is 3. The third-order valence-corrected chi connectivity index (χ3v) is 7.89. The molecule has 0 atom stereocenters. The van der Waals surface area contributed by atoms with Gasteiger partial charge >= 0.3 is 15.8 Å². The molecule has 1 fully saturated rings. The van der Waals surface area contributed by atoms with E-state index in [0.29, 0.717) is 48.3 Å². The standard InChI is InChI=1S/C22H21N3O5S/c1-23-18-7-3-4-8-19(18)25(31(23,28)29)16-10-12-24(13-11-16)21(26)17-14-15-6-2-5-9-20(15)30-22(17)27/h2-9,14,16H,10-13H2,1H3. The van der Waals surface area contributed by atoms with Gasteiger partial charge in [-0.3, -0.25) is 9.10 Å². The van der Waals surface area contributed by atoms with Crippen LogP contribution in [0.25, 0.3) is 11.0 Å². The summed E-state index contributed by atoms with van der Waals surface area (Å²) in [7, 11) is -2.10. The lowest BCUT2D eigenvalue weighted by molar-refractivity contribution is 0.0711. The number of piperidine rings is 1. The molecule has 5 rings (SSSR count). The lowest BCUT2D eigenvalue weighted by atomic mass is 10.0. The molecular weight excluding hydrogens is 418 g/mol. The maximum Gasteiger partial charge on any atom is 0.349 e. The summed E-state index contributed by atoms with van der Waals surface area (Å²) in [5.74, 6) is -0.389. The lowest BCUT2D eigenvalue weighted by Gasteiger charge is -2.36. The van der Waals surface area contributed by atoms with Crippen molar-refractivity contribution >= 4 is 38.5 Å². The second-order valence-electron chi connectivity index (χ2n) is 7.77. The van der Waals surface area contributed by atoms with E-state index in [1.165, 1.54) is 8.61 Å². The van der Waals surface area contributed by atoms with Crippen molar-refractivity contribution in [3.63, 3.8) is 0 Å². The maximum atomic E-state index is 13.0. The summed E-state index contributed by atoms with van der Waals surface area (Å²) >= 11 is 0. The van der Waals surface area contributed by atoms with Gasteiger partial charge in [-0.25, -0.2) is 9.10 Å². The van der Waals surface area contributed by atoms with Gasteiger partial charge < -0.3 is 9.32 Å². The van der Waals surface area contributed by atoms with E-state index in [9.17, 15) is 18.0 Å². The van der Waals surface area contributed by atoms with E-state index in [4.69, 9.17) is 4.42 Å². The third-order valence-electron chi connectivity index (χ3n) is 6.01. The summed E-state index contributed by atoms with van der Waals surface area (Å²) in [5.41, 5.74) is 1.07. The van der Waals surface area contributed by atoms with Crippen LogP contribution in [0, 0.1) is 0 Å². The Morgan fingerprint density at radius 3 is 2.39 bits per heavy atom. The number of benzene rings is 2. The fraction of sp³-hybridized carbons (Fsp3) is 0.273. The number of para-hydroxylation sites is 3. The van der Waals surface area contributed by atoms with E-state index in [2.05, 4.69) is 0 Å². The first-order valence-corrected chi connectivity index (χ1v) is 11.5. The Morgan fingerprint density at radius 1 is 1.00 bits per heavy atom. The molecule has 3 aromatic rings. The van der Waals surface area contributed by atoms with Crippen LogP contribution in [0.5, 0.6) is 0 Å². The van der Waals surface area contributed by atoms with Gasteiger partial charge in [0.05, 0.1) is 17.4 Å². The molecule has 1 aromatic heterocycles. The van der Waals surface area contributed by atoms with Crippen LogP contribution in [0.3, 0.4) is 0 Å². The van der Waals surface area contributed by atoms with E-state index in [1.807, 2.05) is 18.2 Å². The van der Waals surface area contributed by atoms with Gasteiger partial charge in [0, 0.05) is 25.5 Å². The second-order valence-corrected chi connectivity index (χ2v) is 9.61. The number of likely N-dealkylation sites (tertiary alicyclic amines) is 1. The Bertz CT molecular complexity index is 1340. The van der Waals surface area contributed by atoms with Crippen LogP contribution < -0.4 is 14.2 Å². The predicted molar refractivity (Wildman–Crippen MR) is 118 cm³/mol. The van der Waals surface area contributed by atoms with Crippen molar-refractivity contribution in [2.24, 2.45) is 0 Å². The Hall–Kier alpha value is -3.33. The van der Waals surface area contributed by atoms with Gasteiger partial charge in [-0.1, -0.05) is 30.3 Å². The number of rotatable bonds is 2. The van der Waals surface area contributed by atoms with E-state index < -0.39 is 15.8 Å². The van der Waals surface area contributed by atoms with E-state index in [0.717, 1.165) is 0 Å². The molecule has 0 radical (unpaired) electrons. The molecule has 0 N–H and O–H groups in total. The first kappa shape index (κ1) is 19.6. The average molecular weight is 439 g/mol. The molecule has 31 heavy (non-hydrogen) atoms. The molecule has 0 spiro atoms. The van der Waals surface area contributed by atoms with Crippen molar-refractivity contribution in [1.82, 2.24) is 4.90 Å². The van der Waals surface area contributed by atoms with Crippen molar-refractivity contribution in [3.05, 3.63) is 70.6 Å². The zero-order valence-corrected chi connectivity index (χ0v) is 17.7. The van der Waals surface area contributed by atoms with Crippen molar-refractivity contribution in [2.45, 2.75) is 18.9 Å². The Morgan fingerprint density at radius 2 is 1.65 bits per heavy atom. The summed E-state index contributed by atoms with van der Waals surface area (Å²) in [6, 6.07) is 15.6. The minimum atomic E-state index is -3.65. The van der Waals surface area contributed by atoms with Crippen molar-refractivity contribution in [3.8, 4) is 0 Å². The minimum Gasteiger partial charge on any atom is -0.422 e. The molecule has 9 heteroatoms. The van der Waals surface area contributed by atoms with Crippen molar-refractivity contribution in [2.75, 3.05) is 28.7 Å². The van der Waals surface area contributed by atoms with Crippen LogP contribution in [-0.2, 0) is 10.2 Å². The second kappa shape index (κ2) is 7.12. The zero-order valence-electron chi connectivity index (χ0n) is 16.9. The van der Waals surface area contributed by atoms with Gasteiger partial charge in [0.25, 0.3) is 5.91 Å². The molecular formula is C22H21N3O5S. The number of fused-ring (bicyclic) bond motifs is 2. The highest BCUT2D eigenvalue weighted by atomic mass is 32.2. The summed E-state index contributed by atoms with van der Waals surface area (Å²) in [6.07, 6.45) is 0.956. The van der Waals surface area contributed by atoms with Crippen LogP contribution in [0.15, 0.2) is 63.8 Å². The molecule has 8 nitrogen and oxygen atoms in total. The highest BCUT2D eigenvalue weighted by molar-refractivity contribution is 7.94. The largest absolute Gasteiger partial charge is 0.422 e. The fourth-order valence-electron chi connectivity index (χ4n) is 4.37. The molecule has 1 saturated heterocycles. The molecule has 0 saturated carbocycles. The smallest absolute Gasteiger partial charge is 0.349 e. The number of carbonyl (C=O) groups excluding carboxylic acids is 1. The first-order valence-electron chi connectivity index (χ1n) is 10.1. The molecule has 2 aliphatic heterocycles. The molecule has 1 amide bonds. The SMILES string of the molecule is CN1c2ccccc2N(C2CCN(C(=O)c3cc4ccccc4oc3=O)CC2)S1(=O)=O. The summed E-state index contributed by atoms with van der Waals surface area (Å²) in [5, 5.41) is 0.683. The van der Waals surface area contributed by atoms with Crippen LogP contribution in [0.2, 0.25) is 0 Å². The Kier molecular flexibility index (Phi) is 4.51. The molecule has 2 aliphatic rings. The highest BCUT2D eigenvalue weighted by Gasteiger charge is 2.43. The van der Waals surface area contributed by atoms with Gasteiger partial charge in [-0.15, -0.1) is 0 Å². The summed E-state index contributed by atoms with van der Waals surface area (Å²) in [6.45, 7) is 0.710. The molecule has 0 aliphatic carbocycles. The molecule has 160 valence electrons. The summed E-state index contributed by atoms with van der Waals surface area (Å²) in [4.78, 5) is 26.9. The van der Waals surface area contributed by atoms with Crippen LogP contribution in [0.1, 0.15) is 23.2 Å². The van der Waals surface area contributed by atoms with Crippen molar-refractivity contribution in [1.29, 1.82) is 0 Å². The van der Waals surface area contributed by atoms with Gasteiger partial charge in [0.15, 0.2) is 0 Å². The van der Waals surface area contributed by atoms with E-state index >= 15 is 0 Å². The fourth-order valence-corrected chi connectivity index (χ4v) is 6.02. The van der Waals surface area contributed by atoms with Gasteiger partial charge in [0.1, 0.15) is 11.1 Å². The van der Waals surface area contributed by atoms with E-state index in [1.54, 1.807) is 48.3 Å². The van der Waals surface area contributed by atoms with Crippen LogP contribution in [-0.4, -0.2) is 45.4 Å². The third kappa shape index (κ3) is 3.07. The number of amides is 1. The molecule has 2 aromatic carbocycles. The first-order chi connectivity index (χ1) is 14.9. The van der Waals surface area contributed by atoms with Crippen LogP contribution in [0.4, 0.5) is 11.4 Å². The Balaban J connectivity index is 1.37. The minimum absolute atomic E-state index is 0.00368. The molecule has 0 bridgehead atoms. The predicted octanol–water partition coefficient (Wildman–Crippen LogP) is 2.60. The summed E-state index contributed by atoms with van der Waals surface area (Å²) < 4.78 is 34.0. The average Bonchev–Trinajstić information content (AvgIpc) is 2.98. The number of hydrogen-bond acceptors (Lipinski definition) is 5. The number of hydrogen-bond donors (Lipinski definition) is 0. The molecule has 3 heterocycles. The topological polar surface area (TPSA) is 91.1 Å². The van der Waals surface area contributed by atoms with E-state index in [-0.39, 0.29) is 17.5 Å². The van der Waals surface area contributed by atoms with Gasteiger partial charge in [0.2, 0.25) is 0 Å². The quantitative estimate of drug-likeness (QED) is 0.573. The van der Waals surface area contributed by atoms with Gasteiger partial charge in [-0.05, 0) is 37.1 Å². The number of carbonyl (C=O) groups is 1. The van der Waals surface area contributed by atoms with Crippen LogP contribution >= 0.6 is 0 Å². The van der Waals surface area contributed by atoms with Crippen molar-refractivity contribution < 1.29 is 17.6 Å². The normalized spacial score (nSPS) is 18.4.